The molecule has 1 aromatic heterocycles. The van der Waals surface area contributed by atoms with E-state index < -0.39 is 20.0 Å². The molecule has 10 rings (SSSR count). The van der Waals surface area contributed by atoms with Crippen molar-refractivity contribution in [2.45, 2.75) is 29.1 Å². The Morgan fingerprint density at radius 2 is 0.971 bits per heavy atom. The van der Waals surface area contributed by atoms with E-state index in [0.29, 0.717) is 11.4 Å². The summed E-state index contributed by atoms with van der Waals surface area (Å²) in [4.78, 5) is 11.5. The fraction of sp³-hybridized carbons (Fsp3) is 0.196. The van der Waals surface area contributed by atoms with Crippen LogP contribution in [0, 0.1) is 0 Å². The van der Waals surface area contributed by atoms with Crippen LogP contribution in [0.25, 0.3) is 0 Å². The average molecular weight is 971 g/mol. The molecule has 1 N–H and O–H groups in total. The van der Waals surface area contributed by atoms with E-state index in [1.54, 1.807) is 42.1 Å². The van der Waals surface area contributed by atoms with Crippen molar-refractivity contribution in [1.29, 1.82) is 0 Å². The molecule has 8 aromatic rings. The molecular weight excluding hydrogens is 913 g/mol. The molecule has 358 valence electrons. The number of para-hydroxylation sites is 1. The first-order valence-electron chi connectivity index (χ1n) is 23.6. The second-order valence-electron chi connectivity index (χ2n) is 17.4. The van der Waals surface area contributed by atoms with E-state index >= 15 is 0 Å². The molecule has 3 heterocycles. The van der Waals surface area contributed by atoms with Crippen LogP contribution >= 0.6 is 0 Å². The molecule has 2 aliphatic rings. The van der Waals surface area contributed by atoms with Gasteiger partial charge in [-0.15, -0.1) is 0 Å². The average Bonchev–Trinajstić information content (AvgIpc) is 3.88. The number of aromatic nitrogens is 2. The number of imidazole rings is 1. The molecular formula is C56H58N8O4S2. The number of hydrogen-bond acceptors (Lipinski definition) is 9. The van der Waals surface area contributed by atoms with Crippen LogP contribution in [0.4, 0.5) is 28.4 Å². The minimum atomic E-state index is -3.85. The van der Waals surface area contributed by atoms with Gasteiger partial charge in [-0.1, -0.05) is 140 Å². The molecule has 0 bridgehead atoms. The van der Waals surface area contributed by atoms with Gasteiger partial charge in [0.25, 0.3) is 20.0 Å². The summed E-state index contributed by atoms with van der Waals surface area (Å²) >= 11 is 0. The SMILES string of the molecule is Cn1cnc(S(=O)(=O)N(Cc2ccccc2)c2cccc(N3CCN(c4ccccc4)CC3)c2)c1.O=S(=O)(c1ccccc1)N(Cc1ccccc1)c1cccc(N2CCNC(c3ccccc3)C2)c1. The largest absolute Gasteiger partial charge is 0.368 e. The van der Waals surface area contributed by atoms with Gasteiger partial charge in [-0.3, -0.25) is 8.61 Å². The van der Waals surface area contributed by atoms with E-state index in [2.05, 4.69) is 85.7 Å². The summed E-state index contributed by atoms with van der Waals surface area (Å²) in [5.74, 6) is 0. The first-order valence-corrected chi connectivity index (χ1v) is 26.4. The third-order valence-corrected chi connectivity index (χ3v) is 16.1. The van der Waals surface area contributed by atoms with Crippen molar-refractivity contribution < 1.29 is 16.8 Å². The molecule has 70 heavy (non-hydrogen) atoms. The molecule has 1 atom stereocenters. The predicted molar refractivity (Wildman–Crippen MR) is 282 cm³/mol. The minimum Gasteiger partial charge on any atom is -0.368 e. The summed E-state index contributed by atoms with van der Waals surface area (Å²) in [5.41, 5.74) is 7.66. The second-order valence-corrected chi connectivity index (χ2v) is 21.1. The molecule has 2 aliphatic heterocycles. The number of piperazine rings is 2. The van der Waals surface area contributed by atoms with Crippen LogP contribution in [0.1, 0.15) is 22.7 Å². The van der Waals surface area contributed by atoms with E-state index in [0.717, 1.165) is 68.3 Å². The Labute approximate surface area is 412 Å². The summed E-state index contributed by atoms with van der Waals surface area (Å²) in [7, 11) is -5.83. The van der Waals surface area contributed by atoms with Gasteiger partial charge in [-0.2, -0.15) is 8.42 Å². The van der Waals surface area contributed by atoms with Gasteiger partial charge in [0, 0.05) is 82.2 Å². The molecule has 0 spiro atoms. The van der Waals surface area contributed by atoms with Crippen LogP contribution in [0.5, 0.6) is 0 Å². The van der Waals surface area contributed by atoms with Gasteiger partial charge in [0.1, 0.15) is 0 Å². The molecule has 12 nitrogen and oxygen atoms in total. The molecule has 7 aromatic carbocycles. The first-order chi connectivity index (χ1) is 34.1. The normalized spacial score (nSPS) is 15.2. The van der Waals surface area contributed by atoms with Crippen molar-refractivity contribution in [1.82, 2.24) is 14.9 Å². The number of benzene rings is 7. The lowest BCUT2D eigenvalue weighted by atomic mass is 10.0. The lowest BCUT2D eigenvalue weighted by Crippen LogP contribution is -2.46. The highest BCUT2D eigenvalue weighted by Crippen LogP contribution is 2.33. The van der Waals surface area contributed by atoms with Gasteiger partial charge in [0.05, 0.1) is 35.7 Å². The maximum Gasteiger partial charge on any atom is 0.283 e. The van der Waals surface area contributed by atoms with Crippen LogP contribution in [0.2, 0.25) is 0 Å². The zero-order valence-corrected chi connectivity index (χ0v) is 40.9. The Kier molecular flexibility index (Phi) is 14.9. The zero-order valence-electron chi connectivity index (χ0n) is 39.2. The lowest BCUT2D eigenvalue weighted by Gasteiger charge is -2.37. The van der Waals surface area contributed by atoms with Crippen molar-refractivity contribution in [3.63, 3.8) is 0 Å². The number of nitrogens with zero attached hydrogens (tertiary/aromatic N) is 7. The number of sulfonamides is 2. The number of nitrogens with one attached hydrogen (secondary N) is 1. The van der Waals surface area contributed by atoms with E-state index in [4.69, 9.17) is 0 Å². The van der Waals surface area contributed by atoms with E-state index in [1.165, 1.54) is 26.2 Å². The Morgan fingerprint density at radius 3 is 1.50 bits per heavy atom. The maximum absolute atomic E-state index is 13.8. The fourth-order valence-corrected chi connectivity index (χ4v) is 11.8. The van der Waals surface area contributed by atoms with Gasteiger partial charge in [-0.25, -0.2) is 13.4 Å². The summed E-state index contributed by atoms with van der Waals surface area (Å²) in [6, 6.07) is 64.8. The van der Waals surface area contributed by atoms with Crippen LogP contribution in [0.15, 0.2) is 223 Å². The van der Waals surface area contributed by atoms with Crippen LogP contribution < -0.4 is 28.6 Å². The molecule has 1 unspecified atom stereocenters. The summed E-state index contributed by atoms with van der Waals surface area (Å²) in [5, 5.41) is 3.64. The number of rotatable bonds is 14. The quantitative estimate of drug-likeness (QED) is 0.114. The van der Waals surface area contributed by atoms with Crippen molar-refractivity contribution in [3.05, 3.63) is 229 Å². The van der Waals surface area contributed by atoms with Crippen LogP contribution in [0.3, 0.4) is 0 Å². The van der Waals surface area contributed by atoms with Crippen molar-refractivity contribution >= 4 is 48.5 Å². The molecule has 2 saturated heterocycles. The summed E-state index contributed by atoms with van der Waals surface area (Å²) in [6.07, 6.45) is 3.05. The monoisotopic (exact) mass is 970 g/mol. The van der Waals surface area contributed by atoms with Crippen molar-refractivity contribution in [3.8, 4) is 0 Å². The van der Waals surface area contributed by atoms with E-state index in [9.17, 15) is 16.8 Å². The zero-order chi connectivity index (χ0) is 48.3. The Bertz CT molecular complexity index is 3140. The van der Waals surface area contributed by atoms with Crippen molar-refractivity contribution in [2.75, 3.05) is 69.1 Å². The van der Waals surface area contributed by atoms with Gasteiger partial charge in [0.2, 0.25) is 0 Å². The number of hydrogen-bond donors (Lipinski definition) is 1. The standard InChI is InChI=1S/C29H29N3O2S.C27H29N5O2S/c33-35(34,28-17-8-3-9-18-28)32(22-24-11-4-1-5-12-24)27-16-10-15-26(21-27)31-20-19-30-29(23-31)25-13-6-2-7-14-25;1-29-21-27(28-22-29)35(33,34)32(20-23-9-4-2-5-10-23)26-14-8-13-25(19-26)31-17-15-30(16-18-31)24-11-6-3-7-12-24/h1-18,21,29-30H,19-20,22-23H2;2-14,19,21-22H,15-18,20H2,1H3. The fourth-order valence-electron chi connectivity index (χ4n) is 8.93. The highest BCUT2D eigenvalue weighted by Gasteiger charge is 2.30. The predicted octanol–water partition coefficient (Wildman–Crippen LogP) is 9.38. The van der Waals surface area contributed by atoms with Crippen molar-refractivity contribution in [2.24, 2.45) is 7.05 Å². The Balaban J connectivity index is 0.000000174. The first kappa shape index (κ1) is 47.7. The highest BCUT2D eigenvalue weighted by molar-refractivity contribution is 7.93. The van der Waals surface area contributed by atoms with Gasteiger partial charge < -0.3 is 24.6 Å². The minimum absolute atomic E-state index is 0.0396. The topological polar surface area (TPSA) is 114 Å². The molecule has 2 fully saturated rings. The lowest BCUT2D eigenvalue weighted by molar-refractivity contribution is 0.472. The number of anilines is 5. The van der Waals surface area contributed by atoms with Gasteiger partial charge in [-0.05, 0) is 77.4 Å². The maximum atomic E-state index is 13.8. The third kappa shape index (κ3) is 11.4. The molecule has 0 amide bonds. The molecule has 0 saturated carbocycles. The molecule has 0 aliphatic carbocycles. The number of aryl methyl sites for hydroxylation is 1. The van der Waals surface area contributed by atoms with Gasteiger partial charge in [0.15, 0.2) is 5.03 Å². The highest BCUT2D eigenvalue weighted by atomic mass is 32.2. The van der Waals surface area contributed by atoms with Crippen LogP contribution in [-0.2, 0) is 40.2 Å². The summed E-state index contributed by atoms with van der Waals surface area (Å²) < 4.78 is 59.5. The van der Waals surface area contributed by atoms with Crippen LogP contribution in [-0.4, -0.2) is 72.2 Å². The van der Waals surface area contributed by atoms with E-state index in [-0.39, 0.29) is 29.1 Å². The molecule has 0 radical (unpaired) electrons. The Morgan fingerprint density at radius 1 is 0.514 bits per heavy atom. The van der Waals surface area contributed by atoms with Gasteiger partial charge >= 0.3 is 0 Å². The molecule has 14 heteroatoms. The Hall–Kier alpha value is -7.39. The third-order valence-electron chi connectivity index (χ3n) is 12.6. The summed E-state index contributed by atoms with van der Waals surface area (Å²) in [6.45, 7) is 6.57. The van der Waals surface area contributed by atoms with E-state index in [1.807, 2.05) is 115 Å². The second kappa shape index (κ2) is 21.9. The smallest absolute Gasteiger partial charge is 0.283 e.